The first kappa shape index (κ1) is 14.0. The highest BCUT2D eigenvalue weighted by molar-refractivity contribution is 5.95. The summed E-state index contributed by atoms with van der Waals surface area (Å²) >= 11 is 0. The van der Waals surface area contributed by atoms with Gasteiger partial charge in [-0.15, -0.1) is 0 Å². The summed E-state index contributed by atoms with van der Waals surface area (Å²) in [6.07, 6.45) is 5.47. The van der Waals surface area contributed by atoms with Crippen molar-refractivity contribution < 1.29 is 14.7 Å². The summed E-state index contributed by atoms with van der Waals surface area (Å²) in [7, 11) is 1.69. The molecule has 6 nitrogen and oxygen atoms in total. The molecule has 1 amide bonds. The Kier molecular flexibility index (Phi) is 4.65. The molecule has 1 aromatic heterocycles. The van der Waals surface area contributed by atoms with Crippen LogP contribution in [0, 0.1) is 0 Å². The fourth-order valence-electron chi connectivity index (χ4n) is 1.52. The minimum atomic E-state index is -1.11. The Morgan fingerprint density at radius 2 is 2.28 bits per heavy atom. The summed E-state index contributed by atoms with van der Waals surface area (Å²) in [6, 6.07) is -1.08. The molecule has 0 spiro atoms. The van der Waals surface area contributed by atoms with E-state index >= 15 is 0 Å². The van der Waals surface area contributed by atoms with E-state index < -0.39 is 12.0 Å². The number of carboxylic acid groups (broad SMARTS) is 1. The number of carbonyl (C=O) groups excluding carboxylic acids is 1. The number of hydrogen-bond donors (Lipinski definition) is 2. The number of aryl methyl sites for hydroxylation is 1. The van der Waals surface area contributed by atoms with Crippen molar-refractivity contribution >= 4 is 11.9 Å². The number of carbonyl (C=O) groups is 2. The van der Waals surface area contributed by atoms with E-state index in [9.17, 15) is 9.59 Å². The van der Waals surface area contributed by atoms with Gasteiger partial charge in [0.15, 0.2) is 6.04 Å². The Bertz CT molecular complexity index is 477. The predicted octanol–water partition coefficient (Wildman–Crippen LogP) is 1.02. The molecule has 0 bridgehead atoms. The fraction of sp³-hybridized carbons (Fsp3) is 0.417. The summed E-state index contributed by atoms with van der Waals surface area (Å²) < 4.78 is 1.49. The molecule has 1 unspecified atom stereocenters. The lowest BCUT2D eigenvalue weighted by Gasteiger charge is -2.13. The van der Waals surface area contributed by atoms with E-state index in [-0.39, 0.29) is 5.91 Å². The molecular formula is C12H17N3O3. The van der Waals surface area contributed by atoms with Gasteiger partial charge in [-0.1, -0.05) is 13.0 Å². The number of hydrogen-bond acceptors (Lipinski definition) is 3. The van der Waals surface area contributed by atoms with E-state index in [2.05, 4.69) is 10.4 Å². The molecule has 0 fully saturated rings. The van der Waals surface area contributed by atoms with Gasteiger partial charge < -0.3 is 10.4 Å². The number of allylic oxidation sites excluding steroid dienone is 1. The predicted molar refractivity (Wildman–Crippen MR) is 65.8 cm³/mol. The molecule has 0 saturated heterocycles. The monoisotopic (exact) mass is 251 g/mol. The van der Waals surface area contributed by atoms with Crippen LogP contribution in [0.4, 0.5) is 0 Å². The third-order valence-corrected chi connectivity index (χ3v) is 2.45. The first-order valence-corrected chi connectivity index (χ1v) is 5.64. The van der Waals surface area contributed by atoms with Gasteiger partial charge in [-0.05, 0) is 13.3 Å². The fourth-order valence-corrected chi connectivity index (χ4v) is 1.52. The topological polar surface area (TPSA) is 84.2 Å². The van der Waals surface area contributed by atoms with Crippen molar-refractivity contribution in [1.29, 1.82) is 0 Å². The Balaban J connectivity index is 2.86. The summed E-state index contributed by atoms with van der Waals surface area (Å²) in [5.41, 5.74) is 0.954. The van der Waals surface area contributed by atoms with Crippen LogP contribution in [0.2, 0.25) is 0 Å². The Hall–Kier alpha value is -2.11. The summed E-state index contributed by atoms with van der Waals surface area (Å²) in [5, 5.41) is 15.5. The lowest BCUT2D eigenvalue weighted by atomic mass is 10.1. The van der Waals surface area contributed by atoms with E-state index in [1.165, 1.54) is 10.9 Å². The molecule has 1 heterocycles. The third kappa shape index (κ3) is 3.44. The minimum absolute atomic E-state index is 0.381. The van der Waals surface area contributed by atoms with Gasteiger partial charge in [-0.3, -0.25) is 9.48 Å². The standard InChI is InChI=1S/C12H17N3O3/c1-4-5-8(2)11(16)14-10(12(17)18)9-6-13-15(3)7-9/h5-7,10H,4H2,1-3H3,(H,14,16)(H,17,18)/b8-5-. The second-order valence-electron chi connectivity index (χ2n) is 3.99. The molecule has 1 atom stereocenters. The molecule has 6 heteroatoms. The summed E-state index contributed by atoms with van der Waals surface area (Å²) in [4.78, 5) is 22.9. The van der Waals surface area contributed by atoms with Crippen molar-refractivity contribution in [3.05, 3.63) is 29.6 Å². The Morgan fingerprint density at radius 1 is 1.61 bits per heavy atom. The lowest BCUT2D eigenvalue weighted by molar-refractivity contribution is -0.141. The molecule has 0 saturated carbocycles. The molecule has 0 aromatic carbocycles. The summed E-state index contributed by atoms with van der Waals surface area (Å²) in [6.45, 7) is 3.56. The molecule has 0 aliphatic rings. The Morgan fingerprint density at radius 3 is 2.72 bits per heavy atom. The second kappa shape index (κ2) is 6.00. The van der Waals surface area contributed by atoms with Crippen LogP contribution in [0.1, 0.15) is 31.9 Å². The van der Waals surface area contributed by atoms with Crippen LogP contribution >= 0.6 is 0 Å². The molecule has 1 aromatic rings. The number of aromatic nitrogens is 2. The van der Waals surface area contributed by atoms with Crippen LogP contribution < -0.4 is 5.32 Å². The zero-order valence-corrected chi connectivity index (χ0v) is 10.7. The number of aliphatic carboxylic acids is 1. The SMILES string of the molecule is CC/C=C(/C)C(=O)NC(C(=O)O)c1cnn(C)c1. The van der Waals surface area contributed by atoms with Crippen molar-refractivity contribution in [1.82, 2.24) is 15.1 Å². The van der Waals surface area contributed by atoms with Crippen LogP contribution in [-0.4, -0.2) is 26.8 Å². The van der Waals surface area contributed by atoms with Crippen molar-refractivity contribution in [3.63, 3.8) is 0 Å². The maximum absolute atomic E-state index is 11.8. The summed E-state index contributed by atoms with van der Waals surface area (Å²) in [5.74, 6) is -1.49. The van der Waals surface area contributed by atoms with Crippen molar-refractivity contribution in [2.45, 2.75) is 26.3 Å². The van der Waals surface area contributed by atoms with Gasteiger partial charge >= 0.3 is 5.97 Å². The van der Waals surface area contributed by atoms with Crippen molar-refractivity contribution in [2.75, 3.05) is 0 Å². The normalized spacial score (nSPS) is 13.2. The molecular weight excluding hydrogens is 234 g/mol. The van der Waals surface area contributed by atoms with Crippen LogP contribution in [0.5, 0.6) is 0 Å². The molecule has 0 aliphatic carbocycles. The van der Waals surface area contributed by atoms with Gasteiger partial charge in [0.25, 0.3) is 0 Å². The smallest absolute Gasteiger partial charge is 0.331 e. The first-order valence-electron chi connectivity index (χ1n) is 5.64. The van der Waals surface area contributed by atoms with Gasteiger partial charge in [-0.25, -0.2) is 4.79 Å². The number of nitrogens with zero attached hydrogens (tertiary/aromatic N) is 2. The number of rotatable bonds is 5. The van der Waals surface area contributed by atoms with E-state index in [1.54, 1.807) is 26.2 Å². The quantitative estimate of drug-likeness (QED) is 0.765. The van der Waals surface area contributed by atoms with Crippen LogP contribution in [0.15, 0.2) is 24.0 Å². The molecule has 2 N–H and O–H groups in total. The van der Waals surface area contributed by atoms with E-state index in [1.807, 2.05) is 6.92 Å². The largest absolute Gasteiger partial charge is 0.479 e. The second-order valence-corrected chi connectivity index (χ2v) is 3.99. The maximum atomic E-state index is 11.8. The van der Waals surface area contributed by atoms with E-state index in [0.29, 0.717) is 11.1 Å². The van der Waals surface area contributed by atoms with Gasteiger partial charge in [0.2, 0.25) is 5.91 Å². The van der Waals surface area contributed by atoms with Crippen molar-refractivity contribution in [2.24, 2.45) is 7.05 Å². The maximum Gasteiger partial charge on any atom is 0.331 e. The highest BCUT2D eigenvalue weighted by Crippen LogP contribution is 2.12. The molecule has 0 radical (unpaired) electrons. The van der Waals surface area contributed by atoms with E-state index in [4.69, 9.17) is 5.11 Å². The van der Waals surface area contributed by atoms with Gasteiger partial charge in [0.05, 0.1) is 6.20 Å². The zero-order valence-electron chi connectivity index (χ0n) is 10.7. The average Bonchev–Trinajstić information content (AvgIpc) is 2.72. The molecule has 18 heavy (non-hydrogen) atoms. The Labute approximate surface area is 105 Å². The average molecular weight is 251 g/mol. The number of amides is 1. The molecule has 1 rings (SSSR count). The third-order valence-electron chi connectivity index (χ3n) is 2.45. The zero-order chi connectivity index (χ0) is 13.7. The van der Waals surface area contributed by atoms with Gasteiger partial charge in [0, 0.05) is 24.4 Å². The van der Waals surface area contributed by atoms with Gasteiger partial charge in [0.1, 0.15) is 0 Å². The van der Waals surface area contributed by atoms with E-state index in [0.717, 1.165) is 6.42 Å². The number of carboxylic acids is 1. The highest BCUT2D eigenvalue weighted by Gasteiger charge is 2.23. The van der Waals surface area contributed by atoms with Crippen LogP contribution in [-0.2, 0) is 16.6 Å². The molecule has 98 valence electrons. The first-order chi connectivity index (χ1) is 8.45. The van der Waals surface area contributed by atoms with Crippen LogP contribution in [0.25, 0.3) is 0 Å². The van der Waals surface area contributed by atoms with Crippen molar-refractivity contribution in [3.8, 4) is 0 Å². The highest BCUT2D eigenvalue weighted by atomic mass is 16.4. The molecule has 0 aliphatic heterocycles. The van der Waals surface area contributed by atoms with Crippen LogP contribution in [0.3, 0.4) is 0 Å². The minimum Gasteiger partial charge on any atom is -0.479 e. The number of nitrogens with one attached hydrogen (secondary N) is 1. The van der Waals surface area contributed by atoms with Gasteiger partial charge in [-0.2, -0.15) is 5.10 Å². The lowest BCUT2D eigenvalue weighted by Crippen LogP contribution is -2.34.